The van der Waals surface area contributed by atoms with Gasteiger partial charge in [0.25, 0.3) is 5.91 Å². The minimum absolute atomic E-state index is 0.212. The van der Waals surface area contributed by atoms with Crippen LogP contribution in [0.15, 0.2) is 23.0 Å². The topological polar surface area (TPSA) is 62.2 Å². The van der Waals surface area contributed by atoms with E-state index in [4.69, 9.17) is 0 Å². The summed E-state index contributed by atoms with van der Waals surface area (Å²) in [5.41, 5.74) is -0.707. The molecule has 0 aliphatic rings. The highest BCUT2D eigenvalue weighted by atomic mass is 32.1. The molecule has 2 N–H and O–H groups in total. The Bertz CT molecular complexity index is 595. The van der Waals surface area contributed by atoms with Gasteiger partial charge in [0.15, 0.2) is 0 Å². The summed E-state index contributed by atoms with van der Waals surface area (Å²) in [5.74, 6) is -0.212. The molecule has 0 bridgehead atoms. The number of carbonyl (C=O) groups excluding carboxylic acids is 1. The van der Waals surface area contributed by atoms with Gasteiger partial charge in [-0.15, -0.1) is 11.3 Å². The van der Waals surface area contributed by atoms with Crippen LogP contribution in [0.4, 0.5) is 0 Å². The van der Waals surface area contributed by atoms with Crippen LogP contribution >= 0.6 is 22.7 Å². The van der Waals surface area contributed by atoms with Crippen molar-refractivity contribution in [1.82, 2.24) is 10.3 Å². The number of carbonyl (C=O) groups is 1. The first kappa shape index (κ1) is 15.2. The van der Waals surface area contributed by atoms with Gasteiger partial charge in [-0.2, -0.15) is 11.3 Å². The number of aromatic nitrogens is 1. The lowest BCUT2D eigenvalue weighted by Gasteiger charge is -2.37. The van der Waals surface area contributed by atoms with Gasteiger partial charge in [-0.1, -0.05) is 0 Å². The van der Waals surface area contributed by atoms with Crippen molar-refractivity contribution in [2.45, 2.75) is 38.8 Å². The molecular weight excluding hydrogens is 292 g/mol. The lowest BCUT2D eigenvalue weighted by atomic mass is 9.86. The van der Waals surface area contributed by atoms with Crippen molar-refractivity contribution in [2.24, 2.45) is 0 Å². The van der Waals surface area contributed by atoms with E-state index in [1.165, 1.54) is 11.3 Å². The number of hydrogen-bond donors (Lipinski definition) is 2. The lowest BCUT2D eigenvalue weighted by molar-refractivity contribution is -0.00285. The maximum Gasteiger partial charge on any atom is 0.263 e. The summed E-state index contributed by atoms with van der Waals surface area (Å²) in [7, 11) is 0. The predicted molar refractivity (Wildman–Crippen MR) is 83.3 cm³/mol. The molecule has 2 aromatic heterocycles. The Hall–Kier alpha value is -1.24. The number of thiophene rings is 1. The molecule has 4 nitrogen and oxygen atoms in total. The van der Waals surface area contributed by atoms with E-state index in [1.807, 2.05) is 16.8 Å². The van der Waals surface area contributed by atoms with Crippen molar-refractivity contribution in [3.8, 4) is 10.6 Å². The van der Waals surface area contributed by atoms with Gasteiger partial charge in [-0.3, -0.25) is 4.79 Å². The first-order valence-corrected chi connectivity index (χ1v) is 8.00. The average Bonchev–Trinajstić information content (AvgIpc) is 2.98. The Morgan fingerprint density at radius 2 is 2.05 bits per heavy atom. The number of nitrogens with one attached hydrogen (secondary N) is 1. The molecule has 0 radical (unpaired) electrons. The summed E-state index contributed by atoms with van der Waals surface area (Å²) < 4.78 is 0. The largest absolute Gasteiger partial charge is 0.388 e. The molecule has 2 heterocycles. The number of amides is 1. The van der Waals surface area contributed by atoms with Crippen molar-refractivity contribution in [2.75, 3.05) is 0 Å². The third-order valence-corrected chi connectivity index (χ3v) is 5.18. The van der Waals surface area contributed by atoms with Crippen molar-refractivity contribution in [3.63, 3.8) is 0 Å². The first-order chi connectivity index (χ1) is 9.21. The van der Waals surface area contributed by atoms with Crippen molar-refractivity contribution in [3.05, 3.63) is 27.9 Å². The van der Waals surface area contributed by atoms with Crippen LogP contribution in [0.25, 0.3) is 10.6 Å². The number of thiazole rings is 1. The average molecular weight is 310 g/mol. The third-order valence-electron chi connectivity index (χ3n) is 3.45. The van der Waals surface area contributed by atoms with Crippen molar-refractivity contribution in [1.29, 1.82) is 0 Å². The summed E-state index contributed by atoms with van der Waals surface area (Å²) in [6, 6.07) is 1.98. The zero-order chi connectivity index (χ0) is 15.0. The molecule has 0 aromatic carbocycles. The summed E-state index contributed by atoms with van der Waals surface area (Å²) in [6.07, 6.45) is 1.58. The fourth-order valence-electron chi connectivity index (χ4n) is 1.40. The van der Waals surface area contributed by atoms with E-state index in [9.17, 15) is 9.90 Å². The molecule has 0 unspecified atom stereocenters. The SMILES string of the molecule is CC(C)(O)C(C)(C)NC(=O)c1cnc(-c2ccsc2)s1. The minimum atomic E-state index is -1.01. The van der Waals surface area contributed by atoms with Crippen LogP contribution in [0.5, 0.6) is 0 Å². The van der Waals surface area contributed by atoms with Gasteiger partial charge in [-0.25, -0.2) is 4.98 Å². The van der Waals surface area contributed by atoms with Gasteiger partial charge < -0.3 is 10.4 Å². The minimum Gasteiger partial charge on any atom is -0.388 e. The quantitative estimate of drug-likeness (QED) is 0.912. The fourth-order valence-corrected chi connectivity index (χ4v) is 2.92. The third kappa shape index (κ3) is 3.08. The van der Waals surface area contributed by atoms with Gasteiger partial charge in [0.2, 0.25) is 0 Å². The monoisotopic (exact) mass is 310 g/mol. The highest BCUT2D eigenvalue weighted by Crippen LogP contribution is 2.28. The normalized spacial score (nSPS) is 12.4. The van der Waals surface area contributed by atoms with Crippen molar-refractivity contribution >= 4 is 28.6 Å². The molecule has 6 heteroatoms. The van der Waals surface area contributed by atoms with E-state index in [0.717, 1.165) is 10.6 Å². The van der Waals surface area contributed by atoms with E-state index >= 15 is 0 Å². The Morgan fingerprint density at radius 3 is 2.60 bits per heavy atom. The van der Waals surface area contributed by atoms with Crippen molar-refractivity contribution < 1.29 is 9.90 Å². The van der Waals surface area contributed by atoms with E-state index < -0.39 is 11.1 Å². The molecule has 0 aliphatic carbocycles. The molecule has 0 atom stereocenters. The molecule has 0 fully saturated rings. The fraction of sp³-hybridized carbons (Fsp3) is 0.429. The standard InChI is InChI=1S/C14H18N2O2S2/c1-13(2,14(3,4)18)16-11(17)10-7-15-12(20-10)9-5-6-19-8-9/h5-8,18H,1-4H3,(H,16,17). The number of aliphatic hydroxyl groups is 1. The predicted octanol–water partition coefficient (Wildman–Crippen LogP) is 3.15. The molecular formula is C14H18N2O2S2. The summed E-state index contributed by atoms with van der Waals surface area (Å²) >= 11 is 2.95. The zero-order valence-electron chi connectivity index (χ0n) is 11.9. The van der Waals surface area contributed by atoms with Gasteiger partial charge in [-0.05, 0) is 39.1 Å². The van der Waals surface area contributed by atoms with Crippen LogP contribution in [0.3, 0.4) is 0 Å². The van der Waals surface area contributed by atoms with E-state index in [0.29, 0.717) is 4.88 Å². The summed E-state index contributed by atoms with van der Waals surface area (Å²) in [6.45, 7) is 6.95. The van der Waals surface area contributed by atoms with E-state index in [2.05, 4.69) is 10.3 Å². The zero-order valence-corrected chi connectivity index (χ0v) is 13.6. The van der Waals surface area contributed by atoms with Gasteiger partial charge in [0.1, 0.15) is 9.88 Å². The highest BCUT2D eigenvalue weighted by molar-refractivity contribution is 7.17. The second-order valence-corrected chi connectivity index (χ2v) is 7.49. The summed E-state index contributed by atoms with van der Waals surface area (Å²) in [5, 5.41) is 17.7. The second-order valence-electron chi connectivity index (χ2n) is 5.68. The Balaban J connectivity index is 2.15. The number of rotatable bonds is 4. The maximum atomic E-state index is 12.2. The van der Waals surface area contributed by atoms with Gasteiger partial charge >= 0.3 is 0 Å². The van der Waals surface area contributed by atoms with Gasteiger partial charge in [0.05, 0.1) is 17.3 Å². The molecule has 20 heavy (non-hydrogen) atoms. The van der Waals surface area contributed by atoms with Crippen LogP contribution in [-0.4, -0.2) is 27.1 Å². The molecule has 0 spiro atoms. The number of nitrogens with zero attached hydrogens (tertiary/aromatic N) is 1. The van der Waals surface area contributed by atoms with Gasteiger partial charge in [0, 0.05) is 10.9 Å². The Morgan fingerprint density at radius 1 is 1.35 bits per heavy atom. The van der Waals surface area contributed by atoms with E-state index in [-0.39, 0.29) is 5.91 Å². The summed E-state index contributed by atoms with van der Waals surface area (Å²) in [4.78, 5) is 17.1. The number of hydrogen-bond acceptors (Lipinski definition) is 5. The van der Waals surface area contributed by atoms with Crippen LogP contribution < -0.4 is 5.32 Å². The van der Waals surface area contributed by atoms with Crippen LogP contribution in [-0.2, 0) is 0 Å². The lowest BCUT2D eigenvalue weighted by Crippen LogP contribution is -2.57. The Kier molecular flexibility index (Phi) is 4.00. The molecule has 0 saturated heterocycles. The maximum absolute atomic E-state index is 12.2. The van der Waals surface area contributed by atoms with Crippen LogP contribution in [0.2, 0.25) is 0 Å². The molecule has 0 saturated carbocycles. The second kappa shape index (κ2) is 5.27. The molecule has 0 aliphatic heterocycles. The molecule has 1 amide bonds. The highest BCUT2D eigenvalue weighted by Gasteiger charge is 2.36. The van der Waals surface area contributed by atoms with E-state index in [1.54, 1.807) is 45.2 Å². The van der Waals surface area contributed by atoms with Crippen LogP contribution in [0, 0.1) is 0 Å². The molecule has 2 aromatic rings. The smallest absolute Gasteiger partial charge is 0.263 e. The first-order valence-electron chi connectivity index (χ1n) is 6.24. The van der Waals surface area contributed by atoms with Crippen LogP contribution in [0.1, 0.15) is 37.4 Å². The Labute approximate surface area is 126 Å². The molecule has 108 valence electrons. The molecule has 2 rings (SSSR count).